The molecule has 4 aromatic rings. The summed E-state index contributed by atoms with van der Waals surface area (Å²) < 4.78 is 6.05. The summed E-state index contributed by atoms with van der Waals surface area (Å²) in [6.07, 6.45) is 3.70. The van der Waals surface area contributed by atoms with E-state index in [0.717, 1.165) is 38.5 Å². The lowest BCUT2D eigenvalue weighted by Crippen LogP contribution is -2.34. The number of benzene rings is 2. The van der Waals surface area contributed by atoms with E-state index in [1.54, 1.807) is 29.8 Å². The van der Waals surface area contributed by atoms with Crippen molar-refractivity contribution in [2.24, 2.45) is 0 Å². The van der Waals surface area contributed by atoms with E-state index in [-0.39, 0.29) is 17.7 Å². The lowest BCUT2D eigenvalue weighted by Gasteiger charge is -2.26. The van der Waals surface area contributed by atoms with Gasteiger partial charge < -0.3 is 20.1 Å². The third-order valence-electron chi connectivity index (χ3n) is 6.10. The Morgan fingerprint density at radius 1 is 1.23 bits per heavy atom. The highest BCUT2D eigenvalue weighted by molar-refractivity contribution is 7.19. The first-order chi connectivity index (χ1) is 17.1. The Morgan fingerprint density at radius 2 is 2.09 bits per heavy atom. The van der Waals surface area contributed by atoms with Crippen molar-refractivity contribution in [1.29, 1.82) is 0 Å². The van der Waals surface area contributed by atoms with E-state index in [4.69, 9.17) is 4.74 Å². The summed E-state index contributed by atoms with van der Waals surface area (Å²) in [7, 11) is 0. The van der Waals surface area contributed by atoms with Gasteiger partial charge in [-0.05, 0) is 41.3 Å². The smallest absolute Gasteiger partial charge is 0.246 e. The van der Waals surface area contributed by atoms with Crippen molar-refractivity contribution in [1.82, 2.24) is 14.9 Å². The molecule has 0 unspecified atom stereocenters. The number of anilines is 1. The maximum atomic E-state index is 12.1. The predicted octanol–water partition coefficient (Wildman–Crippen LogP) is 4.84. The number of nitrogens with one attached hydrogen (secondary N) is 1. The van der Waals surface area contributed by atoms with Crippen LogP contribution < -0.4 is 5.32 Å². The minimum absolute atomic E-state index is 0.0504. The molecule has 178 valence electrons. The highest BCUT2D eigenvalue weighted by Gasteiger charge is 2.26. The molecular formula is C27H26N4O3S. The number of fused-ring (bicyclic) bond motifs is 3. The molecule has 3 heterocycles. The van der Waals surface area contributed by atoms with Crippen molar-refractivity contribution < 1.29 is 14.6 Å². The summed E-state index contributed by atoms with van der Waals surface area (Å²) in [6.45, 7) is 5.63. The van der Waals surface area contributed by atoms with E-state index in [1.807, 2.05) is 35.2 Å². The first kappa shape index (κ1) is 23.0. The Labute approximate surface area is 207 Å². The molecule has 7 nitrogen and oxygen atoms in total. The number of carbonyl (C=O) groups excluding carboxylic acids is 1. The molecule has 0 saturated carbocycles. The van der Waals surface area contributed by atoms with Crippen LogP contribution in [0.4, 0.5) is 5.82 Å². The number of hydrogen-bond donors (Lipinski definition) is 2. The van der Waals surface area contributed by atoms with Gasteiger partial charge in [0, 0.05) is 11.4 Å². The minimum Gasteiger partial charge on any atom is -0.508 e. The average molecular weight is 487 g/mol. The van der Waals surface area contributed by atoms with Gasteiger partial charge in [-0.15, -0.1) is 11.3 Å². The molecule has 8 heteroatoms. The number of thiophene rings is 1. The highest BCUT2D eigenvalue weighted by Crippen LogP contribution is 2.38. The number of amides is 1. The van der Waals surface area contributed by atoms with Gasteiger partial charge in [0.1, 0.15) is 22.7 Å². The maximum absolute atomic E-state index is 12.1. The van der Waals surface area contributed by atoms with E-state index in [9.17, 15) is 9.90 Å². The lowest BCUT2D eigenvalue weighted by molar-refractivity contribution is -0.126. The van der Waals surface area contributed by atoms with Crippen molar-refractivity contribution in [3.8, 4) is 5.75 Å². The molecule has 1 aliphatic rings. The van der Waals surface area contributed by atoms with Crippen molar-refractivity contribution in [2.45, 2.75) is 25.6 Å². The van der Waals surface area contributed by atoms with Crippen LogP contribution in [0.1, 0.15) is 27.6 Å². The summed E-state index contributed by atoms with van der Waals surface area (Å²) >= 11 is 1.61. The molecule has 0 bridgehead atoms. The molecule has 0 radical (unpaired) electrons. The van der Waals surface area contributed by atoms with Gasteiger partial charge in [0.15, 0.2) is 0 Å². The zero-order valence-corrected chi connectivity index (χ0v) is 20.0. The largest absolute Gasteiger partial charge is 0.508 e. The number of phenolic OH excluding ortho intramolecular Hbond substituents is 1. The molecule has 1 amide bonds. The van der Waals surface area contributed by atoms with E-state index in [0.29, 0.717) is 26.3 Å². The minimum atomic E-state index is -0.135. The number of nitrogens with zero attached hydrogens (tertiary/aromatic N) is 3. The number of hydrogen-bond acceptors (Lipinski definition) is 7. The van der Waals surface area contributed by atoms with Crippen LogP contribution in [0.15, 0.2) is 73.6 Å². The van der Waals surface area contributed by atoms with Gasteiger partial charge in [-0.25, -0.2) is 9.97 Å². The molecule has 1 aliphatic heterocycles. The Balaban J connectivity index is 1.40. The normalized spacial score (nSPS) is 13.9. The monoisotopic (exact) mass is 486 g/mol. The van der Waals surface area contributed by atoms with Gasteiger partial charge in [-0.3, -0.25) is 4.79 Å². The molecule has 2 aromatic carbocycles. The fraction of sp³-hybridized carbons (Fsp3) is 0.222. The average Bonchev–Trinajstić information content (AvgIpc) is 3.27. The van der Waals surface area contributed by atoms with Crippen LogP contribution in [-0.4, -0.2) is 39.0 Å². The third-order valence-corrected chi connectivity index (χ3v) is 7.22. The van der Waals surface area contributed by atoms with Crippen molar-refractivity contribution >= 4 is 33.3 Å². The Kier molecular flexibility index (Phi) is 6.74. The summed E-state index contributed by atoms with van der Waals surface area (Å²) in [5, 5.41) is 14.3. The lowest BCUT2D eigenvalue weighted by atomic mass is 10.0. The third kappa shape index (κ3) is 5.03. The zero-order chi connectivity index (χ0) is 24.2. The quantitative estimate of drug-likeness (QED) is 0.347. The van der Waals surface area contributed by atoms with Crippen molar-refractivity contribution in [3.63, 3.8) is 0 Å². The molecule has 35 heavy (non-hydrogen) atoms. The van der Waals surface area contributed by atoms with Crippen LogP contribution in [0.2, 0.25) is 0 Å². The zero-order valence-electron chi connectivity index (χ0n) is 19.2. The summed E-state index contributed by atoms with van der Waals surface area (Å²) in [5.41, 5.74) is 3.20. The molecule has 0 saturated heterocycles. The second-order valence-electron chi connectivity index (χ2n) is 8.41. The fourth-order valence-electron chi connectivity index (χ4n) is 4.37. The maximum Gasteiger partial charge on any atom is 0.246 e. The summed E-state index contributed by atoms with van der Waals surface area (Å²) in [5.74, 6) is 0.944. The van der Waals surface area contributed by atoms with E-state index < -0.39 is 0 Å². The van der Waals surface area contributed by atoms with Gasteiger partial charge in [-0.2, -0.15) is 0 Å². The molecular weight excluding hydrogens is 460 g/mol. The number of aromatic nitrogens is 2. The number of phenols is 1. The number of aromatic hydroxyl groups is 1. The first-order valence-corrected chi connectivity index (χ1v) is 12.3. The molecule has 5 rings (SSSR count). The topological polar surface area (TPSA) is 87.6 Å². The summed E-state index contributed by atoms with van der Waals surface area (Å²) in [4.78, 5) is 25.1. The van der Waals surface area contributed by atoms with Crippen LogP contribution in [0.25, 0.3) is 10.2 Å². The van der Waals surface area contributed by atoms with Crippen LogP contribution in [0, 0.1) is 0 Å². The highest BCUT2D eigenvalue weighted by atomic mass is 32.1. The predicted molar refractivity (Wildman–Crippen MR) is 137 cm³/mol. The van der Waals surface area contributed by atoms with Crippen LogP contribution in [0.3, 0.4) is 0 Å². The Hall–Kier alpha value is -3.75. The molecule has 0 fully saturated rings. The van der Waals surface area contributed by atoms with Gasteiger partial charge in [0.25, 0.3) is 0 Å². The van der Waals surface area contributed by atoms with Gasteiger partial charge in [-0.1, -0.05) is 49.0 Å². The SMILES string of the molecule is C=CC(=O)N1CCc2c(sc3ncnc(N[C@H](COCc4cccc(O)c4)c4ccccc4)c23)C1. The van der Waals surface area contributed by atoms with E-state index in [2.05, 4.69) is 34.0 Å². The second kappa shape index (κ2) is 10.2. The fourth-order valence-corrected chi connectivity index (χ4v) is 5.57. The van der Waals surface area contributed by atoms with Crippen molar-refractivity contribution in [3.05, 3.63) is 95.1 Å². The second-order valence-corrected chi connectivity index (χ2v) is 9.50. The number of carbonyl (C=O) groups is 1. The van der Waals surface area contributed by atoms with E-state index in [1.165, 1.54) is 11.6 Å². The molecule has 2 aromatic heterocycles. The Morgan fingerprint density at radius 3 is 2.89 bits per heavy atom. The van der Waals surface area contributed by atoms with E-state index >= 15 is 0 Å². The van der Waals surface area contributed by atoms with Gasteiger partial charge >= 0.3 is 0 Å². The van der Waals surface area contributed by atoms with Crippen LogP contribution in [0.5, 0.6) is 5.75 Å². The summed E-state index contributed by atoms with van der Waals surface area (Å²) in [6, 6.07) is 17.1. The Bertz CT molecular complexity index is 1360. The van der Waals surface area contributed by atoms with Gasteiger partial charge in [0.2, 0.25) is 5.91 Å². The first-order valence-electron chi connectivity index (χ1n) is 11.5. The van der Waals surface area contributed by atoms with Crippen LogP contribution in [-0.2, 0) is 29.1 Å². The number of rotatable bonds is 8. The van der Waals surface area contributed by atoms with Gasteiger partial charge in [0.05, 0.1) is 31.2 Å². The van der Waals surface area contributed by atoms with Crippen LogP contribution >= 0.6 is 11.3 Å². The standard InChI is InChI=1S/C27H26N4O3S/c1-2-24(33)31-12-11-21-23(14-31)35-27-25(21)26(28-17-29-27)30-22(19-8-4-3-5-9-19)16-34-15-18-7-6-10-20(32)13-18/h2-10,13,17,22,32H,1,11-12,14-16H2,(H,28,29,30)/t22-/m1/s1. The molecule has 2 N–H and O–H groups in total. The number of ether oxygens (including phenoxy) is 1. The molecule has 0 spiro atoms. The molecule has 0 aliphatic carbocycles. The van der Waals surface area contributed by atoms with Crippen molar-refractivity contribution in [2.75, 3.05) is 18.5 Å². The molecule has 1 atom stereocenters.